The van der Waals surface area contributed by atoms with E-state index in [2.05, 4.69) is 0 Å². The fraction of sp³-hybridized carbons (Fsp3) is 0.444. The molecular weight excluding hydrogens is 140 g/mol. The monoisotopic (exact) mass is 150 g/mol. The normalized spacial score (nSPS) is 29.5. The second-order valence-electron chi connectivity index (χ2n) is 3.17. The zero-order chi connectivity index (χ0) is 7.84. The standard InChI is InChI=1S/C9H10O2/c10-8-2-1-6-3-9(11)5-7(6)4-8/h1-2,9,11H,3-5H2. The van der Waals surface area contributed by atoms with Crippen molar-refractivity contribution < 1.29 is 9.90 Å². The Bertz CT molecular complexity index is 261. The van der Waals surface area contributed by atoms with E-state index in [-0.39, 0.29) is 11.9 Å². The van der Waals surface area contributed by atoms with Crippen LogP contribution in [0.25, 0.3) is 0 Å². The van der Waals surface area contributed by atoms with E-state index in [4.69, 9.17) is 0 Å². The number of hydrogen-bond donors (Lipinski definition) is 1. The van der Waals surface area contributed by atoms with Gasteiger partial charge in [-0.2, -0.15) is 0 Å². The molecule has 0 saturated heterocycles. The van der Waals surface area contributed by atoms with Crippen molar-refractivity contribution in [3.63, 3.8) is 0 Å². The van der Waals surface area contributed by atoms with E-state index >= 15 is 0 Å². The summed E-state index contributed by atoms with van der Waals surface area (Å²) >= 11 is 0. The molecule has 0 aliphatic heterocycles. The molecule has 0 bridgehead atoms. The number of rotatable bonds is 0. The average molecular weight is 150 g/mol. The highest BCUT2D eigenvalue weighted by Crippen LogP contribution is 2.32. The molecule has 2 aliphatic carbocycles. The van der Waals surface area contributed by atoms with Crippen molar-refractivity contribution in [3.8, 4) is 0 Å². The lowest BCUT2D eigenvalue weighted by Crippen LogP contribution is -2.01. The molecule has 0 fully saturated rings. The maximum atomic E-state index is 10.9. The van der Waals surface area contributed by atoms with Crippen LogP contribution in [0.1, 0.15) is 19.3 Å². The van der Waals surface area contributed by atoms with Gasteiger partial charge in [0.1, 0.15) is 0 Å². The van der Waals surface area contributed by atoms with Crippen molar-refractivity contribution in [2.24, 2.45) is 0 Å². The van der Waals surface area contributed by atoms with E-state index < -0.39 is 0 Å². The number of allylic oxidation sites excluding steroid dienone is 2. The van der Waals surface area contributed by atoms with Crippen LogP contribution >= 0.6 is 0 Å². The number of ketones is 1. The van der Waals surface area contributed by atoms with Crippen LogP contribution in [0, 0.1) is 0 Å². The summed E-state index contributed by atoms with van der Waals surface area (Å²) in [5.74, 6) is 0.165. The SMILES string of the molecule is O=C1C=CC2=C(C1)CC(O)C2. The molecule has 2 aliphatic rings. The molecule has 0 heterocycles. The van der Waals surface area contributed by atoms with Crippen molar-refractivity contribution in [1.29, 1.82) is 0 Å². The van der Waals surface area contributed by atoms with Gasteiger partial charge in [0.2, 0.25) is 0 Å². The molecule has 0 aromatic heterocycles. The Morgan fingerprint density at radius 3 is 3.00 bits per heavy atom. The minimum absolute atomic E-state index is 0.165. The first-order valence-electron chi connectivity index (χ1n) is 3.85. The first-order valence-corrected chi connectivity index (χ1v) is 3.85. The molecule has 1 unspecified atom stereocenters. The lowest BCUT2D eigenvalue weighted by molar-refractivity contribution is -0.114. The van der Waals surface area contributed by atoms with Crippen LogP contribution in [0.2, 0.25) is 0 Å². The zero-order valence-electron chi connectivity index (χ0n) is 6.21. The van der Waals surface area contributed by atoms with Crippen LogP contribution in [-0.2, 0) is 4.79 Å². The van der Waals surface area contributed by atoms with Gasteiger partial charge in [-0.3, -0.25) is 4.79 Å². The van der Waals surface area contributed by atoms with Gasteiger partial charge >= 0.3 is 0 Å². The van der Waals surface area contributed by atoms with Crippen LogP contribution in [0.3, 0.4) is 0 Å². The molecule has 0 saturated carbocycles. The van der Waals surface area contributed by atoms with Gasteiger partial charge in [-0.25, -0.2) is 0 Å². The summed E-state index contributed by atoms with van der Waals surface area (Å²) in [6.07, 6.45) is 5.18. The van der Waals surface area contributed by atoms with Crippen LogP contribution < -0.4 is 0 Å². The molecule has 2 nitrogen and oxygen atoms in total. The van der Waals surface area contributed by atoms with Crippen LogP contribution in [-0.4, -0.2) is 17.0 Å². The Morgan fingerprint density at radius 2 is 2.18 bits per heavy atom. The summed E-state index contributed by atoms with van der Waals surface area (Å²) in [5.41, 5.74) is 2.32. The molecule has 58 valence electrons. The molecule has 0 radical (unpaired) electrons. The number of aliphatic hydroxyl groups is 1. The molecule has 0 aromatic rings. The molecule has 0 spiro atoms. The maximum absolute atomic E-state index is 10.9. The van der Waals surface area contributed by atoms with Crippen molar-refractivity contribution in [3.05, 3.63) is 23.3 Å². The fourth-order valence-corrected chi connectivity index (χ4v) is 1.72. The molecule has 0 aromatic carbocycles. The highest BCUT2D eigenvalue weighted by molar-refractivity contribution is 5.93. The van der Waals surface area contributed by atoms with Gasteiger partial charge in [0.15, 0.2) is 5.78 Å². The first-order chi connectivity index (χ1) is 5.25. The van der Waals surface area contributed by atoms with Crippen molar-refractivity contribution >= 4 is 5.78 Å². The van der Waals surface area contributed by atoms with Gasteiger partial charge < -0.3 is 5.11 Å². The lowest BCUT2D eigenvalue weighted by atomic mass is 10.00. The minimum atomic E-state index is -0.240. The summed E-state index contributed by atoms with van der Waals surface area (Å²) in [5, 5.41) is 9.26. The van der Waals surface area contributed by atoms with Gasteiger partial charge in [0, 0.05) is 6.42 Å². The molecule has 2 rings (SSSR count). The quantitative estimate of drug-likeness (QED) is 0.558. The Kier molecular flexibility index (Phi) is 1.43. The van der Waals surface area contributed by atoms with Gasteiger partial charge in [-0.05, 0) is 24.5 Å². The van der Waals surface area contributed by atoms with E-state index in [0.29, 0.717) is 12.8 Å². The smallest absolute Gasteiger partial charge is 0.159 e. The Balaban J connectivity index is 2.24. The molecule has 11 heavy (non-hydrogen) atoms. The van der Waals surface area contributed by atoms with E-state index in [1.807, 2.05) is 6.08 Å². The van der Waals surface area contributed by atoms with Crippen LogP contribution in [0.4, 0.5) is 0 Å². The minimum Gasteiger partial charge on any atom is -0.392 e. The summed E-state index contributed by atoms with van der Waals surface area (Å²) < 4.78 is 0. The predicted molar refractivity (Wildman–Crippen MR) is 41.0 cm³/mol. The van der Waals surface area contributed by atoms with Gasteiger partial charge in [-0.1, -0.05) is 11.6 Å². The second-order valence-corrected chi connectivity index (χ2v) is 3.17. The predicted octanol–water partition coefficient (Wildman–Crippen LogP) is 0.967. The highest BCUT2D eigenvalue weighted by atomic mass is 16.3. The Morgan fingerprint density at radius 1 is 1.36 bits per heavy atom. The molecule has 1 atom stereocenters. The average Bonchev–Trinajstić information content (AvgIpc) is 2.27. The van der Waals surface area contributed by atoms with E-state index in [9.17, 15) is 9.90 Å². The number of carbonyl (C=O) groups excluding carboxylic acids is 1. The van der Waals surface area contributed by atoms with E-state index in [0.717, 1.165) is 12.0 Å². The second kappa shape index (κ2) is 2.31. The van der Waals surface area contributed by atoms with Crippen molar-refractivity contribution in [2.75, 3.05) is 0 Å². The Labute approximate surface area is 65.2 Å². The summed E-state index contributed by atoms with van der Waals surface area (Å²) in [6.45, 7) is 0. The third-order valence-electron chi connectivity index (χ3n) is 2.25. The highest BCUT2D eigenvalue weighted by Gasteiger charge is 2.24. The maximum Gasteiger partial charge on any atom is 0.159 e. The molecule has 0 amide bonds. The van der Waals surface area contributed by atoms with E-state index in [1.54, 1.807) is 6.08 Å². The molecule has 2 heteroatoms. The largest absolute Gasteiger partial charge is 0.392 e. The van der Waals surface area contributed by atoms with Crippen molar-refractivity contribution in [2.45, 2.75) is 25.4 Å². The summed E-state index contributed by atoms with van der Waals surface area (Å²) in [7, 11) is 0. The molecular formula is C9H10O2. The van der Waals surface area contributed by atoms with Gasteiger partial charge in [0.25, 0.3) is 0 Å². The van der Waals surface area contributed by atoms with Gasteiger partial charge in [-0.15, -0.1) is 0 Å². The number of carbonyl (C=O) groups is 1. The Hall–Kier alpha value is -0.890. The summed E-state index contributed by atoms with van der Waals surface area (Å²) in [4.78, 5) is 10.9. The lowest BCUT2D eigenvalue weighted by Gasteiger charge is -2.05. The number of hydrogen-bond acceptors (Lipinski definition) is 2. The first kappa shape index (κ1) is 6.80. The zero-order valence-corrected chi connectivity index (χ0v) is 6.21. The number of aliphatic hydroxyl groups excluding tert-OH is 1. The topological polar surface area (TPSA) is 37.3 Å². The van der Waals surface area contributed by atoms with E-state index in [1.165, 1.54) is 5.57 Å². The third-order valence-corrected chi connectivity index (χ3v) is 2.25. The van der Waals surface area contributed by atoms with Crippen LogP contribution in [0.15, 0.2) is 23.3 Å². The van der Waals surface area contributed by atoms with Gasteiger partial charge in [0.05, 0.1) is 6.10 Å². The fourth-order valence-electron chi connectivity index (χ4n) is 1.72. The summed E-state index contributed by atoms with van der Waals surface area (Å²) in [6, 6.07) is 0. The molecule has 1 N–H and O–H groups in total. The van der Waals surface area contributed by atoms with Crippen molar-refractivity contribution in [1.82, 2.24) is 0 Å². The van der Waals surface area contributed by atoms with Crippen LogP contribution in [0.5, 0.6) is 0 Å². The third kappa shape index (κ3) is 1.14.